The molecule has 2 aromatic rings. The average Bonchev–Trinajstić information content (AvgIpc) is 2.94. The van der Waals surface area contributed by atoms with Crippen LogP contribution < -0.4 is 0 Å². The summed E-state index contributed by atoms with van der Waals surface area (Å²) in [5.41, 5.74) is 0.965. The zero-order valence-electron chi connectivity index (χ0n) is 11.1. The summed E-state index contributed by atoms with van der Waals surface area (Å²) in [5.74, 6) is -0.243. The van der Waals surface area contributed by atoms with Crippen molar-refractivity contribution in [3.8, 4) is 16.8 Å². The smallest absolute Gasteiger partial charge is 0.274 e. The summed E-state index contributed by atoms with van der Waals surface area (Å²) in [7, 11) is 0. The molecule has 0 spiro atoms. The van der Waals surface area contributed by atoms with Gasteiger partial charge in [-0.15, -0.1) is 11.3 Å². The maximum absolute atomic E-state index is 12.3. The van der Waals surface area contributed by atoms with Crippen molar-refractivity contribution >= 4 is 17.2 Å². The van der Waals surface area contributed by atoms with Crippen molar-refractivity contribution in [2.45, 2.75) is 19.9 Å². The monoisotopic (exact) mass is 287 g/mol. The summed E-state index contributed by atoms with van der Waals surface area (Å²) in [6.07, 6.45) is 4.76. The van der Waals surface area contributed by atoms with Gasteiger partial charge >= 0.3 is 0 Å². The zero-order valence-corrected chi connectivity index (χ0v) is 12.0. The minimum Gasteiger partial charge on any atom is -0.322 e. The van der Waals surface area contributed by atoms with E-state index in [1.807, 2.05) is 19.9 Å². The SMILES string of the molecule is CC(C)N(CC#N)C(=O)c1csc(-c2cnccn2)n1. The Morgan fingerprint density at radius 3 is 2.90 bits per heavy atom. The first kappa shape index (κ1) is 14.1. The Morgan fingerprint density at radius 1 is 1.50 bits per heavy atom. The molecule has 0 fully saturated rings. The van der Waals surface area contributed by atoms with Crippen LogP contribution in [0, 0.1) is 11.3 Å². The molecular weight excluding hydrogens is 274 g/mol. The Labute approximate surface area is 120 Å². The van der Waals surface area contributed by atoms with Gasteiger partial charge in [0.15, 0.2) is 0 Å². The van der Waals surface area contributed by atoms with Gasteiger partial charge in [-0.1, -0.05) is 0 Å². The van der Waals surface area contributed by atoms with Crippen LogP contribution in [0.15, 0.2) is 24.0 Å². The molecule has 1 amide bonds. The highest BCUT2D eigenvalue weighted by molar-refractivity contribution is 7.13. The molecule has 0 aliphatic heterocycles. The van der Waals surface area contributed by atoms with E-state index in [1.165, 1.54) is 16.2 Å². The number of carbonyl (C=O) groups excluding carboxylic acids is 1. The third kappa shape index (κ3) is 2.97. The largest absolute Gasteiger partial charge is 0.322 e. The molecule has 0 aromatic carbocycles. The van der Waals surface area contributed by atoms with Crippen LogP contribution in [0.5, 0.6) is 0 Å². The molecule has 20 heavy (non-hydrogen) atoms. The third-order valence-electron chi connectivity index (χ3n) is 2.63. The molecule has 0 radical (unpaired) electrons. The number of amides is 1. The maximum Gasteiger partial charge on any atom is 0.274 e. The highest BCUT2D eigenvalue weighted by Crippen LogP contribution is 2.21. The first-order valence-corrected chi connectivity index (χ1v) is 6.91. The van der Waals surface area contributed by atoms with Crippen molar-refractivity contribution in [2.75, 3.05) is 6.54 Å². The van der Waals surface area contributed by atoms with Crippen molar-refractivity contribution in [1.29, 1.82) is 5.26 Å². The number of nitrogens with zero attached hydrogens (tertiary/aromatic N) is 5. The number of rotatable bonds is 4. The van der Waals surface area contributed by atoms with Gasteiger partial charge in [-0.05, 0) is 13.8 Å². The molecule has 0 bridgehead atoms. The lowest BCUT2D eigenvalue weighted by molar-refractivity contribution is 0.0726. The Morgan fingerprint density at radius 2 is 2.30 bits per heavy atom. The summed E-state index contributed by atoms with van der Waals surface area (Å²) in [4.78, 5) is 26.2. The second-order valence-electron chi connectivity index (χ2n) is 4.31. The molecule has 7 heteroatoms. The Balaban J connectivity index is 2.24. The molecule has 0 aliphatic rings. The Kier molecular flexibility index (Phi) is 4.38. The van der Waals surface area contributed by atoms with E-state index in [2.05, 4.69) is 15.0 Å². The maximum atomic E-state index is 12.3. The van der Waals surface area contributed by atoms with Gasteiger partial charge in [-0.3, -0.25) is 14.8 Å². The molecule has 6 nitrogen and oxygen atoms in total. The van der Waals surface area contributed by atoms with Gasteiger partial charge in [0.2, 0.25) is 0 Å². The summed E-state index contributed by atoms with van der Waals surface area (Å²) >= 11 is 1.33. The van der Waals surface area contributed by atoms with E-state index in [-0.39, 0.29) is 18.5 Å². The average molecular weight is 287 g/mol. The molecule has 0 N–H and O–H groups in total. The molecule has 2 aromatic heterocycles. The van der Waals surface area contributed by atoms with Gasteiger partial charge in [0.25, 0.3) is 5.91 Å². The number of carbonyl (C=O) groups is 1. The predicted molar refractivity (Wildman–Crippen MR) is 74.9 cm³/mol. The fourth-order valence-corrected chi connectivity index (χ4v) is 2.37. The molecule has 0 saturated heterocycles. The zero-order chi connectivity index (χ0) is 14.5. The van der Waals surface area contributed by atoms with Gasteiger partial charge in [0.1, 0.15) is 22.9 Å². The van der Waals surface area contributed by atoms with E-state index < -0.39 is 0 Å². The van der Waals surface area contributed by atoms with Crippen LogP contribution in [0.2, 0.25) is 0 Å². The number of hydrogen-bond donors (Lipinski definition) is 0. The van der Waals surface area contributed by atoms with E-state index >= 15 is 0 Å². The fourth-order valence-electron chi connectivity index (χ4n) is 1.61. The number of thiazole rings is 1. The van der Waals surface area contributed by atoms with E-state index in [0.717, 1.165) is 0 Å². The highest BCUT2D eigenvalue weighted by Gasteiger charge is 2.21. The third-order valence-corrected chi connectivity index (χ3v) is 3.50. The lowest BCUT2D eigenvalue weighted by Crippen LogP contribution is -2.37. The van der Waals surface area contributed by atoms with Crippen LogP contribution in [-0.2, 0) is 0 Å². The van der Waals surface area contributed by atoms with Crippen molar-refractivity contribution in [3.05, 3.63) is 29.7 Å². The van der Waals surface area contributed by atoms with E-state index in [1.54, 1.807) is 24.0 Å². The molecule has 2 heterocycles. The number of hydrogen-bond acceptors (Lipinski definition) is 6. The van der Waals surface area contributed by atoms with E-state index in [0.29, 0.717) is 16.4 Å². The van der Waals surface area contributed by atoms with Crippen molar-refractivity contribution in [3.63, 3.8) is 0 Å². The van der Waals surface area contributed by atoms with Crippen LogP contribution in [0.3, 0.4) is 0 Å². The fraction of sp³-hybridized carbons (Fsp3) is 0.308. The number of nitriles is 1. The van der Waals surface area contributed by atoms with Gasteiger partial charge in [0.05, 0.1) is 12.3 Å². The Bertz CT molecular complexity index is 632. The van der Waals surface area contributed by atoms with Crippen LogP contribution in [0.25, 0.3) is 10.7 Å². The highest BCUT2D eigenvalue weighted by atomic mass is 32.1. The lowest BCUT2D eigenvalue weighted by Gasteiger charge is -2.22. The summed E-state index contributed by atoms with van der Waals surface area (Å²) < 4.78 is 0. The van der Waals surface area contributed by atoms with E-state index in [9.17, 15) is 4.79 Å². The minimum atomic E-state index is -0.243. The molecule has 102 valence electrons. The van der Waals surface area contributed by atoms with Crippen LogP contribution in [-0.4, -0.2) is 38.3 Å². The Hall–Kier alpha value is -2.33. The quantitative estimate of drug-likeness (QED) is 0.803. The molecule has 0 aliphatic carbocycles. The predicted octanol–water partition coefficient (Wildman–Crippen LogP) is 1.97. The van der Waals surface area contributed by atoms with Crippen molar-refractivity contribution < 1.29 is 4.79 Å². The summed E-state index contributed by atoms with van der Waals surface area (Å²) in [6.45, 7) is 3.78. The molecule has 0 saturated carbocycles. The van der Waals surface area contributed by atoms with Crippen molar-refractivity contribution in [2.24, 2.45) is 0 Å². The lowest BCUT2D eigenvalue weighted by atomic mass is 10.3. The second kappa shape index (κ2) is 6.21. The van der Waals surface area contributed by atoms with Crippen LogP contribution in [0.1, 0.15) is 24.3 Å². The topological polar surface area (TPSA) is 82.8 Å². The van der Waals surface area contributed by atoms with Gasteiger partial charge in [-0.25, -0.2) is 4.98 Å². The van der Waals surface area contributed by atoms with Gasteiger partial charge < -0.3 is 4.90 Å². The minimum absolute atomic E-state index is 0.0501. The molecule has 0 unspecified atom stereocenters. The molecule has 0 atom stereocenters. The van der Waals surface area contributed by atoms with Crippen molar-refractivity contribution in [1.82, 2.24) is 19.9 Å². The first-order valence-electron chi connectivity index (χ1n) is 6.03. The second-order valence-corrected chi connectivity index (χ2v) is 5.17. The van der Waals surface area contributed by atoms with Crippen LogP contribution >= 0.6 is 11.3 Å². The standard InChI is InChI=1S/C13H13N5OS/c1-9(2)18(6-3-14)13(19)11-8-20-12(17-11)10-7-15-4-5-16-10/h4-5,7-9H,6H2,1-2H3. The van der Waals surface area contributed by atoms with Gasteiger partial charge in [-0.2, -0.15) is 5.26 Å². The number of aromatic nitrogens is 3. The molecule has 2 rings (SSSR count). The van der Waals surface area contributed by atoms with Crippen LogP contribution in [0.4, 0.5) is 0 Å². The first-order chi connectivity index (χ1) is 9.63. The normalized spacial score (nSPS) is 10.3. The van der Waals surface area contributed by atoms with E-state index in [4.69, 9.17) is 5.26 Å². The van der Waals surface area contributed by atoms with Gasteiger partial charge in [0, 0.05) is 23.8 Å². The summed E-state index contributed by atoms with van der Waals surface area (Å²) in [6, 6.07) is 1.94. The summed E-state index contributed by atoms with van der Waals surface area (Å²) in [5, 5.41) is 11.1. The molecular formula is C13H13N5OS.